The molecule has 1 fully saturated rings. The van der Waals surface area contributed by atoms with Crippen LogP contribution >= 0.6 is 0 Å². The Bertz CT molecular complexity index is 1010. The van der Waals surface area contributed by atoms with E-state index in [-0.39, 0.29) is 5.70 Å². The number of esters is 1. The number of nitrogens with one attached hydrogen (secondary N) is 2. The van der Waals surface area contributed by atoms with Crippen molar-refractivity contribution in [3.8, 4) is 0 Å². The summed E-state index contributed by atoms with van der Waals surface area (Å²) in [5.41, 5.74) is 2.58. The molecule has 2 aromatic rings. The number of hydrogen-bond acceptors (Lipinski definition) is 5. The molecule has 0 aromatic heterocycles. The minimum atomic E-state index is -0.674. The number of aryl methyl sites for hydroxylation is 1. The van der Waals surface area contributed by atoms with Gasteiger partial charge in [-0.15, -0.1) is 0 Å². The van der Waals surface area contributed by atoms with Gasteiger partial charge in [0.05, 0.1) is 12.7 Å². The minimum absolute atomic E-state index is 0.0455. The number of carbonyl (C=O) groups excluding carboxylic acids is 4. The number of urea groups is 1. The Morgan fingerprint density at radius 3 is 2.52 bits per heavy atom. The van der Waals surface area contributed by atoms with E-state index in [1.54, 1.807) is 42.5 Å². The molecular weight excluding hydrogens is 374 g/mol. The number of imide groups is 1. The SMILES string of the molecule is COC(=O)c1ccc(C=C2NC(=O)N(CC(=O)Nc3cccc(C)c3)C2=O)cc1. The van der Waals surface area contributed by atoms with Crippen LogP contribution in [0.4, 0.5) is 10.5 Å². The highest BCUT2D eigenvalue weighted by Gasteiger charge is 2.34. The summed E-state index contributed by atoms with van der Waals surface area (Å²) < 4.78 is 4.63. The Balaban J connectivity index is 1.68. The molecule has 1 aliphatic heterocycles. The molecule has 2 aromatic carbocycles. The molecule has 1 heterocycles. The van der Waals surface area contributed by atoms with Gasteiger partial charge in [-0.05, 0) is 48.4 Å². The number of ether oxygens (including phenoxy) is 1. The fourth-order valence-electron chi connectivity index (χ4n) is 2.78. The molecule has 4 amide bonds. The van der Waals surface area contributed by atoms with E-state index in [0.717, 1.165) is 10.5 Å². The number of benzene rings is 2. The van der Waals surface area contributed by atoms with Gasteiger partial charge in [-0.1, -0.05) is 24.3 Å². The van der Waals surface area contributed by atoms with E-state index in [1.807, 2.05) is 13.0 Å². The van der Waals surface area contributed by atoms with Gasteiger partial charge in [0.1, 0.15) is 12.2 Å². The Morgan fingerprint density at radius 1 is 1.14 bits per heavy atom. The van der Waals surface area contributed by atoms with Crippen LogP contribution in [0, 0.1) is 6.92 Å². The molecule has 0 bridgehead atoms. The van der Waals surface area contributed by atoms with Gasteiger partial charge in [-0.25, -0.2) is 14.5 Å². The zero-order valence-electron chi connectivity index (χ0n) is 15.9. The predicted octanol–water partition coefficient (Wildman–Crippen LogP) is 2.31. The monoisotopic (exact) mass is 393 g/mol. The second kappa shape index (κ2) is 8.39. The summed E-state index contributed by atoms with van der Waals surface area (Å²) in [6.07, 6.45) is 1.47. The summed E-state index contributed by atoms with van der Waals surface area (Å²) in [6.45, 7) is 1.49. The van der Waals surface area contributed by atoms with Crippen LogP contribution in [0.2, 0.25) is 0 Å². The van der Waals surface area contributed by atoms with Crippen molar-refractivity contribution >= 4 is 35.6 Å². The number of carbonyl (C=O) groups is 4. The topological polar surface area (TPSA) is 105 Å². The van der Waals surface area contributed by atoms with Gasteiger partial charge in [0.15, 0.2) is 0 Å². The molecule has 0 atom stereocenters. The minimum Gasteiger partial charge on any atom is -0.465 e. The maximum absolute atomic E-state index is 12.5. The number of amides is 4. The molecule has 0 aliphatic carbocycles. The third-order valence-corrected chi connectivity index (χ3v) is 4.21. The highest BCUT2D eigenvalue weighted by molar-refractivity contribution is 6.16. The van der Waals surface area contributed by atoms with E-state index in [4.69, 9.17) is 0 Å². The molecule has 0 saturated carbocycles. The number of nitrogens with zero attached hydrogens (tertiary/aromatic N) is 1. The first-order chi connectivity index (χ1) is 13.9. The fourth-order valence-corrected chi connectivity index (χ4v) is 2.78. The molecule has 0 unspecified atom stereocenters. The molecular formula is C21H19N3O5. The summed E-state index contributed by atoms with van der Waals surface area (Å²) in [5.74, 6) is -1.56. The van der Waals surface area contributed by atoms with Crippen LogP contribution in [0.25, 0.3) is 6.08 Å². The van der Waals surface area contributed by atoms with Gasteiger partial charge in [0, 0.05) is 5.69 Å². The third-order valence-electron chi connectivity index (χ3n) is 4.21. The van der Waals surface area contributed by atoms with Crippen molar-refractivity contribution in [1.29, 1.82) is 0 Å². The van der Waals surface area contributed by atoms with Crippen LogP contribution < -0.4 is 10.6 Å². The summed E-state index contributed by atoms with van der Waals surface area (Å²) >= 11 is 0. The van der Waals surface area contributed by atoms with E-state index in [9.17, 15) is 19.2 Å². The van der Waals surface area contributed by atoms with Crippen LogP contribution in [-0.2, 0) is 14.3 Å². The van der Waals surface area contributed by atoms with E-state index in [1.165, 1.54) is 13.2 Å². The smallest absolute Gasteiger partial charge is 0.337 e. The second-order valence-corrected chi connectivity index (χ2v) is 6.41. The molecule has 2 N–H and O–H groups in total. The van der Waals surface area contributed by atoms with Gasteiger partial charge in [0.25, 0.3) is 5.91 Å². The Labute approximate surface area is 167 Å². The molecule has 1 saturated heterocycles. The summed E-state index contributed by atoms with van der Waals surface area (Å²) in [7, 11) is 1.29. The molecule has 148 valence electrons. The van der Waals surface area contributed by atoms with Crippen LogP contribution in [0.3, 0.4) is 0 Å². The van der Waals surface area contributed by atoms with E-state index < -0.39 is 30.4 Å². The maximum Gasteiger partial charge on any atom is 0.337 e. The molecule has 0 spiro atoms. The number of methoxy groups -OCH3 is 1. The predicted molar refractivity (Wildman–Crippen MR) is 106 cm³/mol. The fraction of sp³-hybridized carbons (Fsp3) is 0.143. The molecule has 0 radical (unpaired) electrons. The highest BCUT2D eigenvalue weighted by Crippen LogP contribution is 2.16. The van der Waals surface area contributed by atoms with E-state index in [0.29, 0.717) is 16.8 Å². The summed E-state index contributed by atoms with van der Waals surface area (Å²) in [5, 5.41) is 5.12. The van der Waals surface area contributed by atoms with Gasteiger partial charge >= 0.3 is 12.0 Å². The lowest BCUT2D eigenvalue weighted by Crippen LogP contribution is -2.38. The quantitative estimate of drug-likeness (QED) is 0.461. The molecule has 1 aliphatic rings. The van der Waals surface area contributed by atoms with E-state index in [2.05, 4.69) is 15.4 Å². The molecule has 8 heteroatoms. The van der Waals surface area contributed by atoms with Gasteiger partial charge in [-0.3, -0.25) is 9.59 Å². The van der Waals surface area contributed by atoms with Crippen molar-refractivity contribution < 1.29 is 23.9 Å². The molecule has 29 heavy (non-hydrogen) atoms. The lowest BCUT2D eigenvalue weighted by molar-refractivity contribution is -0.127. The summed E-state index contributed by atoms with van der Waals surface area (Å²) in [6, 6.07) is 12.9. The van der Waals surface area contributed by atoms with Crippen molar-refractivity contribution in [2.75, 3.05) is 19.0 Å². The second-order valence-electron chi connectivity index (χ2n) is 6.41. The number of rotatable bonds is 5. The van der Waals surface area contributed by atoms with Crippen molar-refractivity contribution in [2.24, 2.45) is 0 Å². The first kappa shape index (κ1) is 19.8. The van der Waals surface area contributed by atoms with Crippen molar-refractivity contribution in [3.63, 3.8) is 0 Å². The first-order valence-corrected chi connectivity index (χ1v) is 8.77. The number of hydrogen-bond donors (Lipinski definition) is 2. The molecule has 3 rings (SSSR count). The van der Waals surface area contributed by atoms with Crippen LogP contribution in [0.15, 0.2) is 54.2 Å². The van der Waals surface area contributed by atoms with Crippen LogP contribution in [0.1, 0.15) is 21.5 Å². The summed E-state index contributed by atoms with van der Waals surface area (Å²) in [4.78, 5) is 49.1. The maximum atomic E-state index is 12.5. The average molecular weight is 393 g/mol. The number of anilines is 1. The third kappa shape index (κ3) is 4.67. The lowest BCUT2D eigenvalue weighted by Gasteiger charge is -2.12. The average Bonchev–Trinajstić information content (AvgIpc) is 2.95. The standard InChI is InChI=1S/C21H19N3O5/c1-13-4-3-5-16(10-13)22-18(25)12-24-19(26)17(23-21(24)28)11-14-6-8-15(9-7-14)20(27)29-2/h3-11H,12H2,1-2H3,(H,22,25)(H,23,28). The first-order valence-electron chi connectivity index (χ1n) is 8.77. The lowest BCUT2D eigenvalue weighted by atomic mass is 10.1. The normalized spacial score (nSPS) is 14.7. The van der Waals surface area contributed by atoms with Gasteiger partial charge in [0.2, 0.25) is 5.91 Å². The Hall–Kier alpha value is -3.94. The Morgan fingerprint density at radius 2 is 1.86 bits per heavy atom. The zero-order chi connectivity index (χ0) is 21.0. The van der Waals surface area contributed by atoms with Crippen molar-refractivity contribution in [3.05, 3.63) is 70.9 Å². The van der Waals surface area contributed by atoms with Gasteiger partial charge in [-0.2, -0.15) is 0 Å². The Kier molecular flexibility index (Phi) is 5.73. The zero-order valence-corrected chi connectivity index (χ0v) is 15.9. The van der Waals surface area contributed by atoms with Crippen molar-refractivity contribution in [2.45, 2.75) is 6.92 Å². The van der Waals surface area contributed by atoms with E-state index >= 15 is 0 Å². The molecule has 8 nitrogen and oxygen atoms in total. The van der Waals surface area contributed by atoms with Crippen molar-refractivity contribution in [1.82, 2.24) is 10.2 Å². The highest BCUT2D eigenvalue weighted by atomic mass is 16.5. The van der Waals surface area contributed by atoms with Crippen LogP contribution in [-0.4, -0.2) is 42.4 Å². The van der Waals surface area contributed by atoms with Crippen LogP contribution in [0.5, 0.6) is 0 Å². The largest absolute Gasteiger partial charge is 0.465 e. The van der Waals surface area contributed by atoms with Gasteiger partial charge < -0.3 is 15.4 Å².